The monoisotopic (exact) mass is 205 g/mol. The third-order valence-corrected chi connectivity index (χ3v) is 1.89. The molecule has 0 aliphatic carbocycles. The molecule has 1 aromatic carbocycles. The number of ether oxygens (including phenoxy) is 2. The van der Waals surface area contributed by atoms with E-state index in [-0.39, 0.29) is 6.29 Å². The maximum Gasteiger partial charge on any atom is 0.196 e. The van der Waals surface area contributed by atoms with E-state index in [0.717, 1.165) is 11.3 Å². The molecule has 0 bridgehead atoms. The van der Waals surface area contributed by atoms with Crippen LogP contribution in [0.5, 0.6) is 5.75 Å². The fourth-order valence-corrected chi connectivity index (χ4v) is 1.25. The van der Waals surface area contributed by atoms with Crippen molar-refractivity contribution in [2.75, 3.05) is 6.61 Å². The number of hydrogen-bond donors (Lipinski definition) is 0. The van der Waals surface area contributed by atoms with Gasteiger partial charge in [0.1, 0.15) is 5.75 Å². The van der Waals surface area contributed by atoms with Crippen LogP contribution in [-0.2, 0) is 4.74 Å². The van der Waals surface area contributed by atoms with Gasteiger partial charge in [0.05, 0.1) is 0 Å². The fourth-order valence-electron chi connectivity index (χ4n) is 1.25. The number of benzene rings is 1. The summed E-state index contributed by atoms with van der Waals surface area (Å²) in [6.07, 6.45) is 3.50. The molecule has 0 aliphatic rings. The van der Waals surface area contributed by atoms with Gasteiger partial charge < -0.3 is 9.47 Å². The molecule has 15 heavy (non-hydrogen) atoms. The summed E-state index contributed by atoms with van der Waals surface area (Å²) in [5.74, 6) is 0.817. The maximum absolute atomic E-state index is 5.53. The molecular formula is C13H17O2. The van der Waals surface area contributed by atoms with Crippen LogP contribution in [0.25, 0.3) is 6.08 Å². The fraction of sp³-hybridized carbons (Fsp3) is 0.308. The van der Waals surface area contributed by atoms with E-state index >= 15 is 0 Å². The lowest BCUT2D eigenvalue weighted by Gasteiger charge is -2.14. The lowest BCUT2D eigenvalue weighted by atomic mass is 10.2. The maximum atomic E-state index is 5.53. The molecule has 0 heterocycles. The van der Waals surface area contributed by atoms with Crippen molar-refractivity contribution in [2.24, 2.45) is 0 Å². The average molecular weight is 205 g/mol. The van der Waals surface area contributed by atoms with Crippen LogP contribution >= 0.6 is 0 Å². The van der Waals surface area contributed by atoms with Crippen LogP contribution in [0.15, 0.2) is 30.3 Å². The van der Waals surface area contributed by atoms with E-state index in [2.05, 4.69) is 6.92 Å². The highest BCUT2D eigenvalue weighted by Crippen LogP contribution is 2.14. The highest BCUT2D eigenvalue weighted by molar-refractivity contribution is 5.50. The Balaban J connectivity index is 2.56. The molecule has 0 aliphatic heterocycles. The minimum Gasteiger partial charge on any atom is -0.465 e. The van der Waals surface area contributed by atoms with Crippen LogP contribution in [0, 0.1) is 6.92 Å². The van der Waals surface area contributed by atoms with Crippen molar-refractivity contribution in [3.05, 3.63) is 42.8 Å². The lowest BCUT2D eigenvalue weighted by Crippen LogP contribution is -2.15. The van der Waals surface area contributed by atoms with Crippen molar-refractivity contribution in [3.63, 3.8) is 0 Å². The summed E-state index contributed by atoms with van der Waals surface area (Å²) in [5, 5.41) is 0. The molecule has 1 radical (unpaired) electrons. The van der Waals surface area contributed by atoms with Gasteiger partial charge in [0.25, 0.3) is 0 Å². The Morgan fingerprint density at radius 2 is 2.00 bits per heavy atom. The topological polar surface area (TPSA) is 18.5 Å². The van der Waals surface area contributed by atoms with E-state index in [1.807, 2.05) is 44.2 Å². The van der Waals surface area contributed by atoms with E-state index in [9.17, 15) is 0 Å². The highest BCUT2D eigenvalue weighted by Gasteiger charge is 2.01. The highest BCUT2D eigenvalue weighted by atomic mass is 16.7. The summed E-state index contributed by atoms with van der Waals surface area (Å²) < 4.78 is 10.8. The second-order valence-corrected chi connectivity index (χ2v) is 3.11. The normalized spacial score (nSPS) is 13.0. The molecule has 1 atom stereocenters. The number of allylic oxidation sites excluding steroid dienone is 1. The molecule has 81 valence electrons. The molecule has 0 saturated carbocycles. The molecule has 2 nitrogen and oxygen atoms in total. The van der Waals surface area contributed by atoms with Gasteiger partial charge in [-0.15, -0.1) is 0 Å². The van der Waals surface area contributed by atoms with E-state index in [1.54, 1.807) is 6.08 Å². The first-order valence-corrected chi connectivity index (χ1v) is 5.10. The van der Waals surface area contributed by atoms with Gasteiger partial charge in [-0.1, -0.05) is 24.3 Å². The lowest BCUT2D eigenvalue weighted by molar-refractivity contribution is -0.0613. The molecule has 0 fully saturated rings. The predicted molar refractivity (Wildman–Crippen MR) is 62.5 cm³/mol. The summed E-state index contributed by atoms with van der Waals surface area (Å²) in [7, 11) is 0. The van der Waals surface area contributed by atoms with Gasteiger partial charge in [0.15, 0.2) is 6.29 Å². The van der Waals surface area contributed by atoms with Crippen molar-refractivity contribution in [3.8, 4) is 5.75 Å². The van der Waals surface area contributed by atoms with E-state index < -0.39 is 0 Å². The van der Waals surface area contributed by atoms with Crippen molar-refractivity contribution >= 4 is 6.08 Å². The van der Waals surface area contributed by atoms with Gasteiger partial charge in [-0.25, -0.2) is 0 Å². The summed E-state index contributed by atoms with van der Waals surface area (Å²) in [6, 6.07) is 7.81. The Bertz CT molecular complexity index is 301. The molecule has 1 rings (SSSR count). The zero-order valence-electron chi connectivity index (χ0n) is 9.27. The van der Waals surface area contributed by atoms with E-state index in [1.165, 1.54) is 0 Å². The minimum absolute atomic E-state index is 0.204. The second-order valence-electron chi connectivity index (χ2n) is 3.11. The third kappa shape index (κ3) is 4.17. The SMILES string of the molecule is [CH2]/C=C/c1ccc(OC(C)OCC)cc1. The smallest absolute Gasteiger partial charge is 0.196 e. The average Bonchev–Trinajstić information content (AvgIpc) is 2.22. The number of hydrogen-bond acceptors (Lipinski definition) is 2. The standard InChI is InChI=1S/C13H17O2/c1-4-6-12-7-9-13(10-8-12)15-11(3)14-5-2/h4,6-11H,1,5H2,2-3H3/b6-4+. The zero-order chi connectivity index (χ0) is 11.1. The first kappa shape index (κ1) is 11.8. The van der Waals surface area contributed by atoms with Gasteiger partial charge in [0, 0.05) is 6.61 Å². The summed E-state index contributed by atoms with van der Waals surface area (Å²) in [5.41, 5.74) is 1.11. The predicted octanol–water partition coefficient (Wildman–Crippen LogP) is 3.30. The van der Waals surface area contributed by atoms with Crippen molar-refractivity contribution in [1.29, 1.82) is 0 Å². The molecule has 0 amide bonds. The van der Waals surface area contributed by atoms with Crippen LogP contribution in [0.4, 0.5) is 0 Å². The van der Waals surface area contributed by atoms with Crippen LogP contribution in [0.1, 0.15) is 19.4 Å². The first-order valence-electron chi connectivity index (χ1n) is 5.10. The largest absolute Gasteiger partial charge is 0.465 e. The zero-order valence-corrected chi connectivity index (χ0v) is 9.27. The van der Waals surface area contributed by atoms with Crippen LogP contribution < -0.4 is 4.74 Å². The van der Waals surface area contributed by atoms with E-state index in [0.29, 0.717) is 6.61 Å². The van der Waals surface area contributed by atoms with Crippen LogP contribution in [0.2, 0.25) is 0 Å². The first-order chi connectivity index (χ1) is 7.26. The van der Waals surface area contributed by atoms with Crippen molar-refractivity contribution < 1.29 is 9.47 Å². The number of rotatable bonds is 5. The van der Waals surface area contributed by atoms with Crippen LogP contribution in [-0.4, -0.2) is 12.9 Å². The third-order valence-electron chi connectivity index (χ3n) is 1.89. The summed E-state index contributed by atoms with van der Waals surface area (Å²) in [4.78, 5) is 0. The second kappa shape index (κ2) is 6.25. The molecule has 0 N–H and O–H groups in total. The molecule has 0 saturated heterocycles. The minimum atomic E-state index is -0.204. The van der Waals surface area contributed by atoms with Gasteiger partial charge in [-0.05, 0) is 38.5 Å². The molecule has 1 unspecified atom stereocenters. The molecular weight excluding hydrogens is 188 g/mol. The van der Waals surface area contributed by atoms with Gasteiger partial charge in [-0.2, -0.15) is 0 Å². The van der Waals surface area contributed by atoms with Crippen LogP contribution in [0.3, 0.4) is 0 Å². The van der Waals surface area contributed by atoms with Crippen molar-refractivity contribution in [1.82, 2.24) is 0 Å². The molecule has 0 aromatic heterocycles. The van der Waals surface area contributed by atoms with Gasteiger partial charge in [0.2, 0.25) is 0 Å². The quantitative estimate of drug-likeness (QED) is 0.687. The van der Waals surface area contributed by atoms with Crippen molar-refractivity contribution in [2.45, 2.75) is 20.1 Å². The Hall–Kier alpha value is -1.28. The summed E-state index contributed by atoms with van der Waals surface area (Å²) >= 11 is 0. The Morgan fingerprint density at radius 3 is 2.53 bits per heavy atom. The summed E-state index contributed by atoms with van der Waals surface area (Å²) in [6.45, 7) is 8.13. The van der Waals surface area contributed by atoms with Gasteiger partial charge >= 0.3 is 0 Å². The Labute approximate surface area is 91.5 Å². The molecule has 2 heteroatoms. The Morgan fingerprint density at radius 1 is 1.33 bits per heavy atom. The van der Waals surface area contributed by atoms with E-state index in [4.69, 9.17) is 9.47 Å². The molecule has 0 spiro atoms. The van der Waals surface area contributed by atoms with Gasteiger partial charge in [-0.3, -0.25) is 0 Å². The molecule has 1 aromatic rings. The Kier molecular flexibility index (Phi) is 4.91.